The minimum absolute atomic E-state index is 0.00849. The van der Waals surface area contributed by atoms with Crippen molar-refractivity contribution >= 4 is 11.9 Å². The molecule has 2 aromatic rings. The highest BCUT2D eigenvalue weighted by Gasteiger charge is 2.53. The summed E-state index contributed by atoms with van der Waals surface area (Å²) in [5.74, 6) is 0.322. The third kappa shape index (κ3) is 5.81. The van der Waals surface area contributed by atoms with E-state index in [1.807, 2.05) is 19.9 Å². The molecule has 1 unspecified atom stereocenters. The average Bonchev–Trinajstić information content (AvgIpc) is 3.14. The average molecular weight is 536 g/mol. The highest BCUT2D eigenvalue weighted by Crippen LogP contribution is 2.57. The van der Waals surface area contributed by atoms with Crippen LogP contribution in [0.4, 0.5) is 0 Å². The Labute approximate surface area is 229 Å². The first-order valence-electron chi connectivity index (χ1n) is 13.6. The number of rotatable bonds is 12. The van der Waals surface area contributed by atoms with Gasteiger partial charge in [-0.2, -0.15) is 0 Å². The number of ether oxygens (including phenoxy) is 2. The van der Waals surface area contributed by atoms with E-state index >= 15 is 0 Å². The topological polar surface area (TPSA) is 125 Å². The molecule has 0 aromatic heterocycles. The Morgan fingerprint density at radius 1 is 1.00 bits per heavy atom. The number of esters is 1. The molecule has 0 fully saturated rings. The third-order valence-corrected chi connectivity index (χ3v) is 7.36. The standard InChI is InChI=1S/C31H37NO7/c1-3-10-23-20(2)31(39-30(23)37)24-14-13-22(34)18-27(24)38-28-19-26(35)21(17-25(28)31)11-6-7-12-29(36)32-15-8-4-5-9-16-33/h3,10,13-14,17-19,33-35H,4-9,11-12,15-16H2,1-2H3,(H,32,36)/b10-3-. The van der Waals surface area contributed by atoms with Gasteiger partial charge >= 0.3 is 5.97 Å². The number of carbonyl (C=O) groups excluding carboxylic acids is 2. The largest absolute Gasteiger partial charge is 0.508 e. The van der Waals surface area contributed by atoms with Gasteiger partial charge in [0.15, 0.2) is 5.60 Å². The molecule has 0 saturated heterocycles. The van der Waals surface area contributed by atoms with Gasteiger partial charge in [0.1, 0.15) is 23.0 Å². The van der Waals surface area contributed by atoms with Gasteiger partial charge in [-0.1, -0.05) is 25.0 Å². The number of phenolic OH excluding ortho intramolecular Hbond substituents is 2. The van der Waals surface area contributed by atoms with Crippen molar-refractivity contribution < 1.29 is 34.4 Å². The molecule has 0 radical (unpaired) electrons. The van der Waals surface area contributed by atoms with Crippen molar-refractivity contribution in [2.24, 2.45) is 0 Å². The molecule has 0 aliphatic carbocycles. The number of phenols is 2. The van der Waals surface area contributed by atoms with Crippen LogP contribution in [0.25, 0.3) is 0 Å². The molecule has 1 amide bonds. The summed E-state index contributed by atoms with van der Waals surface area (Å²) in [7, 11) is 0. The van der Waals surface area contributed by atoms with Crippen molar-refractivity contribution in [2.75, 3.05) is 13.2 Å². The quantitative estimate of drug-likeness (QED) is 0.215. The molecular weight excluding hydrogens is 498 g/mol. The van der Waals surface area contributed by atoms with E-state index < -0.39 is 11.6 Å². The maximum Gasteiger partial charge on any atom is 0.339 e. The monoisotopic (exact) mass is 535 g/mol. The SMILES string of the molecule is C/C=C\C1=C(C)C2(OC1=O)c1ccc(O)cc1Oc1cc(O)c(CCCCC(=O)NCCCCCCO)cc12. The Kier molecular flexibility index (Phi) is 8.97. The number of allylic oxidation sites excluding steroid dienone is 1. The fourth-order valence-corrected chi connectivity index (χ4v) is 5.32. The summed E-state index contributed by atoms with van der Waals surface area (Å²) < 4.78 is 12.2. The number of aliphatic hydroxyl groups is 1. The summed E-state index contributed by atoms with van der Waals surface area (Å²) in [5.41, 5.74) is 1.79. The van der Waals surface area contributed by atoms with Gasteiger partial charge in [0.25, 0.3) is 0 Å². The van der Waals surface area contributed by atoms with Gasteiger partial charge in [0.05, 0.1) is 5.57 Å². The second-order valence-electron chi connectivity index (χ2n) is 10.1. The molecular formula is C31H37NO7. The van der Waals surface area contributed by atoms with Crippen LogP contribution >= 0.6 is 0 Å². The number of nitrogens with one attached hydrogen (secondary N) is 1. The van der Waals surface area contributed by atoms with Gasteiger partial charge in [-0.15, -0.1) is 0 Å². The smallest absolute Gasteiger partial charge is 0.339 e. The number of aliphatic hydroxyl groups excluding tert-OH is 1. The Morgan fingerprint density at radius 2 is 1.77 bits per heavy atom. The molecule has 2 aliphatic rings. The molecule has 4 N–H and O–H groups in total. The summed E-state index contributed by atoms with van der Waals surface area (Å²) in [6.45, 7) is 4.52. The van der Waals surface area contributed by atoms with Crippen LogP contribution in [0.2, 0.25) is 0 Å². The van der Waals surface area contributed by atoms with E-state index in [1.54, 1.807) is 18.2 Å². The molecule has 8 heteroatoms. The van der Waals surface area contributed by atoms with Gasteiger partial charge in [-0.05, 0) is 75.3 Å². The van der Waals surface area contributed by atoms with Crippen molar-refractivity contribution in [1.29, 1.82) is 0 Å². The molecule has 8 nitrogen and oxygen atoms in total. The van der Waals surface area contributed by atoms with Crippen LogP contribution in [-0.4, -0.2) is 40.3 Å². The maximum atomic E-state index is 13.0. The second-order valence-corrected chi connectivity index (χ2v) is 10.1. The lowest BCUT2D eigenvalue weighted by Crippen LogP contribution is -2.33. The fraction of sp³-hybridized carbons (Fsp3) is 0.419. The Bertz CT molecular complexity index is 1300. The molecule has 2 heterocycles. The third-order valence-electron chi connectivity index (χ3n) is 7.36. The Balaban J connectivity index is 1.51. The summed E-state index contributed by atoms with van der Waals surface area (Å²) in [6, 6.07) is 8.05. The zero-order valence-corrected chi connectivity index (χ0v) is 22.6. The highest BCUT2D eigenvalue weighted by atomic mass is 16.6. The summed E-state index contributed by atoms with van der Waals surface area (Å²) in [5, 5.41) is 32.6. The lowest BCUT2D eigenvalue weighted by molar-refractivity contribution is -0.145. The molecule has 2 aromatic carbocycles. The minimum atomic E-state index is -1.25. The van der Waals surface area contributed by atoms with Gasteiger partial charge in [0.2, 0.25) is 5.91 Å². The van der Waals surface area contributed by atoms with Crippen molar-refractivity contribution in [3.63, 3.8) is 0 Å². The summed E-state index contributed by atoms with van der Waals surface area (Å²) >= 11 is 0. The summed E-state index contributed by atoms with van der Waals surface area (Å²) in [4.78, 5) is 25.2. The number of hydrogen-bond donors (Lipinski definition) is 4. The molecule has 0 saturated carbocycles. The van der Waals surface area contributed by atoms with E-state index in [0.29, 0.717) is 71.6 Å². The van der Waals surface area contributed by atoms with Crippen LogP contribution in [0.3, 0.4) is 0 Å². The Hall–Kier alpha value is -3.78. The lowest BCUT2D eigenvalue weighted by atomic mass is 9.77. The minimum Gasteiger partial charge on any atom is -0.508 e. The van der Waals surface area contributed by atoms with Gasteiger partial charge in [-0.25, -0.2) is 4.79 Å². The van der Waals surface area contributed by atoms with Crippen LogP contribution in [-0.2, 0) is 26.3 Å². The van der Waals surface area contributed by atoms with Crippen LogP contribution in [0.5, 0.6) is 23.0 Å². The first-order valence-corrected chi connectivity index (χ1v) is 13.6. The predicted molar refractivity (Wildman–Crippen MR) is 147 cm³/mol. The van der Waals surface area contributed by atoms with Gasteiger partial charge in [0, 0.05) is 42.8 Å². The number of aryl methyl sites for hydroxylation is 1. The molecule has 39 heavy (non-hydrogen) atoms. The van der Waals surface area contributed by atoms with E-state index in [1.165, 1.54) is 18.2 Å². The van der Waals surface area contributed by atoms with E-state index in [-0.39, 0.29) is 24.0 Å². The molecule has 4 rings (SSSR count). The number of fused-ring (bicyclic) bond motifs is 4. The van der Waals surface area contributed by atoms with Crippen LogP contribution < -0.4 is 10.1 Å². The lowest BCUT2D eigenvalue weighted by Gasteiger charge is -2.37. The van der Waals surface area contributed by atoms with Gasteiger partial charge in [-0.3, -0.25) is 4.79 Å². The molecule has 1 atom stereocenters. The van der Waals surface area contributed by atoms with E-state index in [2.05, 4.69) is 5.32 Å². The number of amides is 1. The van der Waals surface area contributed by atoms with Crippen molar-refractivity contribution in [2.45, 2.75) is 70.8 Å². The first-order chi connectivity index (χ1) is 18.8. The number of hydrogen-bond acceptors (Lipinski definition) is 7. The molecule has 1 spiro atoms. The highest BCUT2D eigenvalue weighted by molar-refractivity contribution is 5.97. The first kappa shape index (κ1) is 28.2. The van der Waals surface area contributed by atoms with Crippen LogP contribution in [0.1, 0.15) is 75.5 Å². The Morgan fingerprint density at radius 3 is 2.54 bits per heavy atom. The normalized spacial score (nSPS) is 17.8. The van der Waals surface area contributed by atoms with Gasteiger partial charge < -0.3 is 30.1 Å². The van der Waals surface area contributed by atoms with Crippen LogP contribution in [0, 0.1) is 0 Å². The van der Waals surface area contributed by atoms with Crippen molar-refractivity contribution in [3.8, 4) is 23.0 Å². The van der Waals surface area contributed by atoms with E-state index in [4.69, 9.17) is 14.6 Å². The maximum absolute atomic E-state index is 13.0. The van der Waals surface area contributed by atoms with Crippen molar-refractivity contribution in [3.05, 3.63) is 70.3 Å². The van der Waals surface area contributed by atoms with Crippen molar-refractivity contribution in [1.82, 2.24) is 5.32 Å². The molecule has 0 bridgehead atoms. The summed E-state index contributed by atoms with van der Waals surface area (Å²) in [6.07, 6.45) is 9.43. The number of benzene rings is 2. The fourth-order valence-electron chi connectivity index (χ4n) is 5.32. The van der Waals surface area contributed by atoms with E-state index in [0.717, 1.165) is 25.7 Å². The second kappa shape index (κ2) is 12.4. The zero-order valence-electron chi connectivity index (χ0n) is 22.6. The predicted octanol–water partition coefficient (Wildman–Crippen LogP) is 5.28. The van der Waals surface area contributed by atoms with E-state index in [9.17, 15) is 19.8 Å². The molecule has 2 aliphatic heterocycles. The number of unbranched alkanes of at least 4 members (excludes halogenated alkanes) is 4. The van der Waals surface area contributed by atoms with Crippen LogP contribution in [0.15, 0.2) is 53.6 Å². The zero-order chi connectivity index (χ0) is 28.0. The molecule has 208 valence electrons. The number of carbonyl (C=O) groups is 2. The number of aromatic hydroxyl groups is 2.